The molecule has 0 aromatic heterocycles. The number of amides is 3. The smallest absolute Gasteiger partial charge is 0.408 e. The maximum absolute atomic E-state index is 14.0. The Hall–Kier alpha value is -5.23. The molecule has 4 rings (SSSR count). The van der Waals surface area contributed by atoms with E-state index in [9.17, 15) is 24.0 Å². The van der Waals surface area contributed by atoms with Gasteiger partial charge < -0.3 is 34.9 Å². The Kier molecular flexibility index (Phi) is 12.7. The van der Waals surface area contributed by atoms with E-state index in [0.29, 0.717) is 11.3 Å². The molecule has 4 atom stereocenters. The first-order valence-electron chi connectivity index (χ1n) is 16.4. The number of benzene rings is 3. The summed E-state index contributed by atoms with van der Waals surface area (Å²) in [6.07, 6.45) is -1.27. The molecule has 3 aromatic carbocycles. The normalized spacial score (nSPS) is 16.9. The highest BCUT2D eigenvalue weighted by atomic mass is 16.6. The van der Waals surface area contributed by atoms with Crippen LogP contribution in [0.4, 0.5) is 4.79 Å². The van der Waals surface area contributed by atoms with Gasteiger partial charge in [0.1, 0.15) is 35.6 Å². The van der Waals surface area contributed by atoms with Crippen LogP contribution in [-0.2, 0) is 52.8 Å². The Morgan fingerprint density at radius 1 is 0.740 bits per heavy atom. The van der Waals surface area contributed by atoms with Crippen LogP contribution in [0.25, 0.3) is 0 Å². The monoisotopic (exact) mass is 687 g/mol. The number of rotatable bonds is 16. The summed E-state index contributed by atoms with van der Waals surface area (Å²) in [6, 6.07) is 21.4. The molecule has 12 nitrogen and oxygen atoms in total. The van der Waals surface area contributed by atoms with Crippen molar-refractivity contribution >= 4 is 29.7 Å². The second-order valence-corrected chi connectivity index (χ2v) is 13.3. The zero-order chi connectivity index (χ0) is 36.3. The zero-order valence-electron chi connectivity index (χ0n) is 29.0. The van der Waals surface area contributed by atoms with Crippen molar-refractivity contribution in [3.63, 3.8) is 0 Å². The van der Waals surface area contributed by atoms with Gasteiger partial charge in [-0.25, -0.2) is 4.79 Å². The minimum Gasteiger partial charge on any atom is -0.497 e. The summed E-state index contributed by atoms with van der Waals surface area (Å²) in [4.78, 5) is 67.1. The summed E-state index contributed by atoms with van der Waals surface area (Å²) in [7, 11) is 1.53. The van der Waals surface area contributed by atoms with E-state index < -0.39 is 59.6 Å². The number of carbonyl (C=O) groups excluding carboxylic acids is 5. The number of esters is 1. The first kappa shape index (κ1) is 37.6. The molecule has 3 N–H and O–H groups in total. The van der Waals surface area contributed by atoms with Crippen molar-refractivity contribution in [2.24, 2.45) is 0 Å². The molecule has 4 unspecified atom stereocenters. The average molecular weight is 688 g/mol. The van der Waals surface area contributed by atoms with E-state index in [0.717, 1.165) is 11.1 Å². The highest BCUT2D eigenvalue weighted by molar-refractivity contribution is 5.99. The minimum absolute atomic E-state index is 0.0131. The number of epoxide rings is 1. The standard InChI is InChI=1S/C38H45N3O9/c1-37(2,3)50-32(42)22-31(41-36(46)48-23-27-14-10-7-11-15-27)35(45)40-30(21-26-16-18-28(47-5)19-17-26)34(44)39-29(33(43)38(4)24-49-38)20-25-12-8-6-9-13-25/h6-19,29-31H,20-24H2,1-5H3,(H,39,44)(H,40,45)(H,41,46). The van der Waals surface area contributed by atoms with Gasteiger partial charge in [0.25, 0.3) is 0 Å². The number of ketones is 1. The molecular formula is C38H45N3O9. The van der Waals surface area contributed by atoms with Crippen molar-refractivity contribution in [2.45, 2.75) is 82.9 Å². The van der Waals surface area contributed by atoms with Crippen LogP contribution in [0.1, 0.15) is 50.8 Å². The van der Waals surface area contributed by atoms with Crippen LogP contribution in [-0.4, -0.2) is 72.7 Å². The predicted octanol–water partition coefficient (Wildman–Crippen LogP) is 3.83. The van der Waals surface area contributed by atoms with Crippen LogP contribution >= 0.6 is 0 Å². The lowest BCUT2D eigenvalue weighted by Crippen LogP contribution is -2.58. The summed E-state index contributed by atoms with van der Waals surface area (Å²) >= 11 is 0. The van der Waals surface area contributed by atoms with Gasteiger partial charge >= 0.3 is 12.1 Å². The van der Waals surface area contributed by atoms with E-state index in [2.05, 4.69) is 16.0 Å². The Balaban J connectivity index is 1.57. The number of methoxy groups -OCH3 is 1. The van der Waals surface area contributed by atoms with Gasteiger partial charge in [0, 0.05) is 6.42 Å². The van der Waals surface area contributed by atoms with E-state index in [-0.39, 0.29) is 31.8 Å². The first-order valence-corrected chi connectivity index (χ1v) is 16.4. The fourth-order valence-corrected chi connectivity index (χ4v) is 5.10. The third-order valence-electron chi connectivity index (χ3n) is 7.86. The van der Waals surface area contributed by atoms with Gasteiger partial charge in [0.05, 0.1) is 26.2 Å². The van der Waals surface area contributed by atoms with Crippen molar-refractivity contribution < 1.29 is 42.9 Å². The SMILES string of the molecule is COc1ccc(CC(NC(=O)C(CC(=O)OC(C)(C)C)NC(=O)OCc2ccccc2)C(=O)NC(Cc2ccccc2)C(=O)C2(C)CO2)cc1. The molecule has 3 aromatic rings. The third-order valence-corrected chi connectivity index (χ3v) is 7.86. The number of alkyl carbamates (subject to hydrolysis) is 1. The van der Waals surface area contributed by atoms with Crippen LogP contribution < -0.4 is 20.7 Å². The zero-order valence-corrected chi connectivity index (χ0v) is 29.0. The molecule has 0 bridgehead atoms. The van der Waals surface area contributed by atoms with E-state index in [1.54, 1.807) is 76.2 Å². The van der Waals surface area contributed by atoms with E-state index >= 15 is 0 Å². The first-order chi connectivity index (χ1) is 23.7. The quantitative estimate of drug-likeness (QED) is 0.150. The molecule has 12 heteroatoms. The van der Waals surface area contributed by atoms with Crippen molar-refractivity contribution in [1.29, 1.82) is 0 Å². The van der Waals surface area contributed by atoms with Gasteiger partial charge in [-0.05, 0) is 62.9 Å². The van der Waals surface area contributed by atoms with Crippen molar-refractivity contribution in [1.82, 2.24) is 16.0 Å². The van der Waals surface area contributed by atoms with Gasteiger partial charge in [-0.15, -0.1) is 0 Å². The second kappa shape index (κ2) is 16.9. The minimum atomic E-state index is -1.46. The summed E-state index contributed by atoms with van der Waals surface area (Å²) in [5, 5.41) is 7.99. The number of carbonyl (C=O) groups is 5. The van der Waals surface area contributed by atoms with Gasteiger partial charge in [-0.3, -0.25) is 19.2 Å². The topological polar surface area (TPSA) is 162 Å². The van der Waals surface area contributed by atoms with Crippen molar-refractivity contribution in [2.75, 3.05) is 13.7 Å². The molecule has 3 amide bonds. The summed E-state index contributed by atoms with van der Waals surface area (Å²) < 4.78 is 21.4. The molecule has 0 spiro atoms. The summed E-state index contributed by atoms with van der Waals surface area (Å²) in [6.45, 7) is 6.86. The summed E-state index contributed by atoms with van der Waals surface area (Å²) in [5.74, 6) is -1.92. The number of hydrogen-bond donors (Lipinski definition) is 3. The van der Waals surface area contributed by atoms with Crippen molar-refractivity contribution in [3.8, 4) is 5.75 Å². The molecule has 0 aliphatic carbocycles. The van der Waals surface area contributed by atoms with Gasteiger partial charge in [-0.2, -0.15) is 0 Å². The van der Waals surface area contributed by atoms with Crippen LogP contribution in [0.2, 0.25) is 0 Å². The Bertz CT molecular complexity index is 1620. The molecule has 0 radical (unpaired) electrons. The molecule has 266 valence electrons. The number of ether oxygens (including phenoxy) is 4. The highest BCUT2D eigenvalue weighted by Crippen LogP contribution is 2.29. The fraction of sp³-hybridized carbons (Fsp3) is 0.395. The Morgan fingerprint density at radius 3 is 1.82 bits per heavy atom. The summed E-state index contributed by atoms with van der Waals surface area (Å²) in [5.41, 5.74) is 0.335. The lowest BCUT2D eigenvalue weighted by molar-refractivity contribution is -0.156. The molecule has 50 heavy (non-hydrogen) atoms. The van der Waals surface area contributed by atoms with Crippen LogP contribution in [0, 0.1) is 0 Å². The molecule has 1 aliphatic rings. The number of nitrogens with one attached hydrogen (secondary N) is 3. The fourth-order valence-electron chi connectivity index (χ4n) is 5.10. The van der Waals surface area contributed by atoms with E-state index in [1.165, 1.54) is 7.11 Å². The second-order valence-electron chi connectivity index (χ2n) is 13.3. The maximum Gasteiger partial charge on any atom is 0.408 e. The molecule has 1 fully saturated rings. The molecule has 1 heterocycles. The Labute approximate surface area is 292 Å². The molecule has 0 saturated carbocycles. The van der Waals surface area contributed by atoms with Gasteiger partial charge in [-0.1, -0.05) is 72.8 Å². The van der Waals surface area contributed by atoms with Crippen LogP contribution in [0.3, 0.4) is 0 Å². The van der Waals surface area contributed by atoms with E-state index in [1.807, 2.05) is 36.4 Å². The molecule has 1 saturated heterocycles. The van der Waals surface area contributed by atoms with E-state index in [4.69, 9.17) is 18.9 Å². The van der Waals surface area contributed by atoms with Gasteiger partial charge in [0.2, 0.25) is 11.8 Å². The molecule has 1 aliphatic heterocycles. The lowest BCUT2D eigenvalue weighted by Gasteiger charge is -2.26. The number of Topliss-reactive ketones (excluding diaryl/α,β-unsaturated/α-hetero) is 1. The molecular weight excluding hydrogens is 642 g/mol. The Morgan fingerprint density at radius 2 is 1.26 bits per heavy atom. The maximum atomic E-state index is 14.0. The average Bonchev–Trinajstić information content (AvgIpc) is 3.84. The highest BCUT2D eigenvalue weighted by Gasteiger charge is 2.50. The third kappa shape index (κ3) is 11.7. The number of hydrogen-bond acceptors (Lipinski definition) is 9. The largest absolute Gasteiger partial charge is 0.497 e. The lowest BCUT2D eigenvalue weighted by atomic mass is 9.94. The van der Waals surface area contributed by atoms with Crippen molar-refractivity contribution in [3.05, 3.63) is 102 Å². The van der Waals surface area contributed by atoms with Gasteiger partial charge in [0.15, 0.2) is 5.78 Å². The van der Waals surface area contributed by atoms with Crippen LogP contribution in [0.5, 0.6) is 5.75 Å². The van der Waals surface area contributed by atoms with Crippen LogP contribution in [0.15, 0.2) is 84.9 Å². The predicted molar refractivity (Wildman–Crippen MR) is 184 cm³/mol.